The number of esters is 1. The Balaban J connectivity index is 2.63. The quantitative estimate of drug-likeness (QED) is 0.551. The molecule has 0 saturated carbocycles. The first-order valence-corrected chi connectivity index (χ1v) is 5.85. The molecular weight excluding hydrogens is 248 g/mol. The van der Waals surface area contributed by atoms with Crippen LogP contribution in [0.15, 0.2) is 16.7 Å². The summed E-state index contributed by atoms with van der Waals surface area (Å²) in [4.78, 5) is 29.3. The summed E-state index contributed by atoms with van der Waals surface area (Å²) in [5.74, 6) is -0.600. The van der Waals surface area contributed by atoms with Crippen LogP contribution in [0.25, 0.3) is 11.6 Å². The van der Waals surface area contributed by atoms with Crippen LogP contribution in [-0.2, 0) is 14.3 Å². The van der Waals surface area contributed by atoms with E-state index >= 15 is 0 Å². The van der Waals surface area contributed by atoms with Gasteiger partial charge in [0.15, 0.2) is 22.6 Å². The first-order chi connectivity index (χ1) is 9.04. The SMILES string of the molecule is CCOC(=O)/C(C(C)=O)=c1\nc2c(o1)=CC=CN2C. The molecule has 1 aromatic heterocycles. The van der Waals surface area contributed by atoms with E-state index < -0.39 is 11.8 Å². The Labute approximate surface area is 109 Å². The highest BCUT2D eigenvalue weighted by molar-refractivity contribution is 6.37. The third-order valence-corrected chi connectivity index (χ3v) is 2.57. The minimum absolute atomic E-state index is 0.0113. The molecule has 19 heavy (non-hydrogen) atoms. The Morgan fingerprint density at radius 1 is 1.47 bits per heavy atom. The molecule has 2 rings (SSSR count). The van der Waals surface area contributed by atoms with Crippen molar-refractivity contribution in [1.82, 2.24) is 4.98 Å². The Kier molecular flexibility index (Phi) is 3.50. The molecule has 0 N–H and O–H groups in total. The maximum Gasteiger partial charge on any atom is 0.347 e. The number of ketones is 1. The van der Waals surface area contributed by atoms with Gasteiger partial charge in [-0.3, -0.25) is 4.79 Å². The van der Waals surface area contributed by atoms with Crippen molar-refractivity contribution < 1.29 is 18.7 Å². The van der Waals surface area contributed by atoms with Crippen molar-refractivity contribution in [3.63, 3.8) is 0 Å². The van der Waals surface area contributed by atoms with Crippen molar-refractivity contribution >= 4 is 29.2 Å². The van der Waals surface area contributed by atoms with Gasteiger partial charge in [0, 0.05) is 13.2 Å². The van der Waals surface area contributed by atoms with E-state index in [1.165, 1.54) is 6.92 Å². The van der Waals surface area contributed by atoms with E-state index in [2.05, 4.69) is 4.98 Å². The summed E-state index contributed by atoms with van der Waals surface area (Å²) in [7, 11) is 1.80. The van der Waals surface area contributed by atoms with Crippen LogP contribution < -0.4 is 15.9 Å². The number of ether oxygens (including phenoxy) is 1. The Hall–Kier alpha value is -2.37. The molecule has 0 amide bonds. The number of carbonyl (C=O) groups excluding carboxylic acids is 2. The summed E-state index contributed by atoms with van der Waals surface area (Å²) in [6, 6.07) is 0. The second-order valence-corrected chi connectivity index (χ2v) is 3.98. The Morgan fingerprint density at radius 2 is 2.21 bits per heavy atom. The van der Waals surface area contributed by atoms with Gasteiger partial charge in [-0.2, -0.15) is 4.98 Å². The number of anilines is 1. The van der Waals surface area contributed by atoms with Crippen molar-refractivity contribution in [3.8, 4) is 0 Å². The van der Waals surface area contributed by atoms with Crippen LogP contribution in [0, 0.1) is 0 Å². The van der Waals surface area contributed by atoms with Crippen LogP contribution in [0.1, 0.15) is 13.8 Å². The van der Waals surface area contributed by atoms with Crippen molar-refractivity contribution in [2.24, 2.45) is 0 Å². The van der Waals surface area contributed by atoms with Gasteiger partial charge in [-0.1, -0.05) is 0 Å². The fourth-order valence-corrected chi connectivity index (χ4v) is 1.71. The van der Waals surface area contributed by atoms with Gasteiger partial charge in [0.25, 0.3) is 0 Å². The molecule has 0 saturated heterocycles. The number of carbonyl (C=O) groups is 2. The molecule has 0 radical (unpaired) electrons. The van der Waals surface area contributed by atoms with E-state index in [-0.39, 0.29) is 17.7 Å². The zero-order valence-electron chi connectivity index (χ0n) is 11.0. The minimum Gasteiger partial charge on any atom is -0.462 e. The molecule has 2 heterocycles. The number of oxazole rings is 1. The number of hydrogen-bond acceptors (Lipinski definition) is 6. The predicted molar refractivity (Wildman–Crippen MR) is 68.5 cm³/mol. The van der Waals surface area contributed by atoms with Crippen LogP contribution in [0.3, 0.4) is 0 Å². The Morgan fingerprint density at radius 3 is 2.79 bits per heavy atom. The molecule has 6 heteroatoms. The molecule has 0 unspecified atom stereocenters. The number of hydrogen-bond donors (Lipinski definition) is 0. The molecule has 1 aromatic rings. The third-order valence-electron chi connectivity index (χ3n) is 2.57. The average molecular weight is 262 g/mol. The van der Waals surface area contributed by atoms with Gasteiger partial charge >= 0.3 is 5.97 Å². The van der Waals surface area contributed by atoms with Crippen LogP contribution in [-0.4, -0.2) is 30.4 Å². The second-order valence-electron chi connectivity index (χ2n) is 3.98. The third kappa shape index (κ3) is 2.42. The Bertz CT molecular complexity index is 669. The number of aromatic nitrogens is 1. The molecule has 6 nitrogen and oxygen atoms in total. The molecule has 1 aliphatic rings. The van der Waals surface area contributed by atoms with Gasteiger partial charge in [-0.15, -0.1) is 0 Å². The van der Waals surface area contributed by atoms with E-state index in [0.717, 1.165) is 0 Å². The summed E-state index contributed by atoms with van der Waals surface area (Å²) in [5.41, 5.74) is 0.323. The van der Waals surface area contributed by atoms with Crippen LogP contribution in [0.5, 0.6) is 0 Å². The fourth-order valence-electron chi connectivity index (χ4n) is 1.71. The lowest BCUT2D eigenvalue weighted by Crippen LogP contribution is -2.22. The number of fused-ring (bicyclic) bond motifs is 1. The number of nitrogens with zero attached hydrogens (tertiary/aromatic N) is 2. The summed E-state index contributed by atoms with van der Waals surface area (Å²) in [6.07, 6.45) is 5.30. The van der Waals surface area contributed by atoms with Crippen molar-refractivity contribution in [1.29, 1.82) is 0 Å². The van der Waals surface area contributed by atoms with Crippen molar-refractivity contribution in [2.75, 3.05) is 18.6 Å². The van der Waals surface area contributed by atoms with E-state index in [9.17, 15) is 9.59 Å². The summed E-state index contributed by atoms with van der Waals surface area (Å²) in [6.45, 7) is 3.13. The zero-order valence-corrected chi connectivity index (χ0v) is 11.0. The first-order valence-electron chi connectivity index (χ1n) is 5.85. The van der Waals surface area contributed by atoms with Crippen molar-refractivity contribution in [3.05, 3.63) is 23.2 Å². The molecular formula is C13H14N2O4. The lowest BCUT2D eigenvalue weighted by atomic mass is 10.2. The standard InChI is InChI=1S/C13H14N2O4/c1-4-18-13(17)10(8(2)16)12-14-11-9(19-12)6-5-7-15(11)3/h5-7H,4H2,1-3H3/b12-10+. The first kappa shape index (κ1) is 13.1. The number of allylic oxidation sites excluding steroid dienone is 1. The van der Waals surface area contributed by atoms with E-state index in [1.54, 1.807) is 37.2 Å². The molecule has 0 bridgehead atoms. The number of rotatable bonds is 3. The molecule has 100 valence electrons. The van der Waals surface area contributed by atoms with Gasteiger partial charge in [-0.25, -0.2) is 4.79 Å². The lowest BCUT2D eigenvalue weighted by Gasteiger charge is -2.10. The molecule has 0 aromatic carbocycles. The summed E-state index contributed by atoms with van der Waals surface area (Å²) >= 11 is 0. The van der Waals surface area contributed by atoms with E-state index in [1.807, 2.05) is 0 Å². The summed E-state index contributed by atoms with van der Waals surface area (Å²) < 4.78 is 10.3. The highest BCUT2D eigenvalue weighted by atomic mass is 16.5. The van der Waals surface area contributed by atoms with Gasteiger partial charge in [-0.05, 0) is 26.0 Å². The predicted octanol–water partition coefficient (Wildman–Crippen LogP) is -0.279. The highest BCUT2D eigenvalue weighted by Gasteiger charge is 2.21. The minimum atomic E-state index is -0.718. The molecule has 0 aliphatic carbocycles. The van der Waals surface area contributed by atoms with E-state index in [0.29, 0.717) is 11.2 Å². The van der Waals surface area contributed by atoms with E-state index in [4.69, 9.17) is 9.15 Å². The van der Waals surface area contributed by atoms with Gasteiger partial charge in [0.2, 0.25) is 5.55 Å². The molecule has 0 spiro atoms. The van der Waals surface area contributed by atoms with Gasteiger partial charge in [0.05, 0.1) is 6.61 Å². The smallest absolute Gasteiger partial charge is 0.347 e. The average Bonchev–Trinajstić information content (AvgIpc) is 2.74. The monoisotopic (exact) mass is 262 g/mol. The van der Waals surface area contributed by atoms with Crippen LogP contribution in [0.4, 0.5) is 5.82 Å². The molecule has 1 aliphatic heterocycles. The largest absolute Gasteiger partial charge is 0.462 e. The van der Waals surface area contributed by atoms with Crippen LogP contribution in [0.2, 0.25) is 0 Å². The van der Waals surface area contributed by atoms with Gasteiger partial charge < -0.3 is 14.1 Å². The number of Topliss-reactive ketones (excluding diaryl/α,β-unsaturated/α-hetero) is 1. The second kappa shape index (κ2) is 5.09. The highest BCUT2D eigenvalue weighted by Crippen LogP contribution is 2.06. The van der Waals surface area contributed by atoms with Gasteiger partial charge in [0.1, 0.15) is 0 Å². The maximum atomic E-state index is 11.8. The molecule has 0 fully saturated rings. The van der Waals surface area contributed by atoms with Crippen LogP contribution >= 0.6 is 0 Å². The zero-order chi connectivity index (χ0) is 14.0. The van der Waals surface area contributed by atoms with Crippen molar-refractivity contribution in [2.45, 2.75) is 13.8 Å². The normalized spacial score (nSPS) is 14.6. The maximum absolute atomic E-state index is 11.8. The fraction of sp³-hybridized carbons (Fsp3) is 0.308. The lowest BCUT2D eigenvalue weighted by molar-refractivity contribution is -0.137. The summed E-state index contributed by atoms with van der Waals surface area (Å²) in [5, 5.41) is 0. The molecule has 0 atom stereocenters. The topological polar surface area (TPSA) is 72.6 Å².